The summed E-state index contributed by atoms with van der Waals surface area (Å²) in [5, 5.41) is 8.64. The molecule has 0 aliphatic heterocycles. The van der Waals surface area contributed by atoms with E-state index in [1.807, 2.05) is 13.0 Å². The average Bonchev–Trinajstić information content (AvgIpc) is 2.31. The molecule has 2 nitrogen and oxygen atoms in total. The number of halogens is 1. The molecule has 1 rings (SSSR count). The fraction of sp³-hybridized carbons (Fsp3) is 0.222. The maximum absolute atomic E-state index is 10.5. The molecule has 1 N–H and O–H groups in total. The number of hydrogen-bond donors (Lipinski definition) is 1. The quantitative estimate of drug-likeness (QED) is 0.829. The molecule has 0 aromatic carbocycles. The smallest absolute Gasteiger partial charge is 0.331 e. The van der Waals surface area contributed by atoms with Crippen molar-refractivity contribution in [2.75, 3.05) is 0 Å². The van der Waals surface area contributed by atoms with Crippen LogP contribution in [-0.4, -0.2) is 11.1 Å². The van der Waals surface area contributed by atoms with Gasteiger partial charge in [0.15, 0.2) is 0 Å². The molecule has 0 amide bonds. The van der Waals surface area contributed by atoms with Crippen molar-refractivity contribution in [1.29, 1.82) is 0 Å². The van der Waals surface area contributed by atoms with Gasteiger partial charge in [-0.25, -0.2) is 4.79 Å². The largest absolute Gasteiger partial charge is 0.478 e. The molecule has 0 radical (unpaired) electrons. The second-order valence-electron chi connectivity index (χ2n) is 2.69. The normalized spacial score (nSPS) is 11.8. The molecule has 0 saturated carbocycles. The SMILES string of the molecule is CC(=Cc1cc(Br)c(C)s1)C(=O)O. The number of rotatable bonds is 2. The van der Waals surface area contributed by atoms with Gasteiger partial charge in [0, 0.05) is 19.8 Å². The number of aliphatic carboxylic acids is 1. The van der Waals surface area contributed by atoms with Crippen LogP contribution in [0.1, 0.15) is 16.7 Å². The van der Waals surface area contributed by atoms with Gasteiger partial charge in [0.05, 0.1) is 0 Å². The van der Waals surface area contributed by atoms with Crippen molar-refractivity contribution in [3.63, 3.8) is 0 Å². The lowest BCUT2D eigenvalue weighted by atomic mass is 10.2. The molecule has 13 heavy (non-hydrogen) atoms. The summed E-state index contributed by atoms with van der Waals surface area (Å²) in [4.78, 5) is 12.6. The highest BCUT2D eigenvalue weighted by atomic mass is 79.9. The number of carbonyl (C=O) groups is 1. The van der Waals surface area contributed by atoms with Gasteiger partial charge in [-0.1, -0.05) is 0 Å². The molecule has 70 valence electrons. The summed E-state index contributed by atoms with van der Waals surface area (Å²) < 4.78 is 1.03. The molecule has 0 unspecified atom stereocenters. The van der Waals surface area contributed by atoms with Crippen LogP contribution in [0.25, 0.3) is 6.08 Å². The lowest BCUT2D eigenvalue weighted by molar-refractivity contribution is -0.132. The minimum absolute atomic E-state index is 0.355. The van der Waals surface area contributed by atoms with E-state index in [9.17, 15) is 4.79 Å². The Hall–Kier alpha value is -0.610. The predicted octanol–water partition coefficient (Wildman–Crippen LogP) is 3.31. The van der Waals surface area contributed by atoms with Gasteiger partial charge in [-0.15, -0.1) is 11.3 Å². The van der Waals surface area contributed by atoms with Gasteiger partial charge >= 0.3 is 5.97 Å². The minimum Gasteiger partial charge on any atom is -0.478 e. The molecule has 0 bridgehead atoms. The van der Waals surface area contributed by atoms with Gasteiger partial charge in [0.1, 0.15) is 0 Å². The number of carboxylic acid groups (broad SMARTS) is 1. The van der Waals surface area contributed by atoms with Gasteiger partial charge in [-0.2, -0.15) is 0 Å². The Kier molecular flexibility index (Phi) is 3.27. The summed E-state index contributed by atoms with van der Waals surface area (Å²) in [5.41, 5.74) is 0.355. The van der Waals surface area contributed by atoms with E-state index in [4.69, 9.17) is 5.11 Å². The van der Waals surface area contributed by atoms with E-state index in [1.54, 1.807) is 24.3 Å². The van der Waals surface area contributed by atoms with Gasteiger partial charge in [-0.3, -0.25) is 0 Å². The number of hydrogen-bond acceptors (Lipinski definition) is 2. The number of carboxylic acids is 1. The van der Waals surface area contributed by atoms with Crippen LogP contribution in [0.2, 0.25) is 0 Å². The molecule has 0 spiro atoms. The molecule has 4 heteroatoms. The average molecular weight is 261 g/mol. The predicted molar refractivity (Wildman–Crippen MR) is 58.0 cm³/mol. The van der Waals surface area contributed by atoms with E-state index in [0.717, 1.165) is 14.2 Å². The first-order chi connectivity index (χ1) is 6.00. The van der Waals surface area contributed by atoms with Gasteiger partial charge in [0.25, 0.3) is 0 Å². The third kappa shape index (κ3) is 2.67. The van der Waals surface area contributed by atoms with Crippen LogP contribution < -0.4 is 0 Å². The van der Waals surface area contributed by atoms with Crippen LogP contribution in [-0.2, 0) is 4.79 Å². The fourth-order valence-corrected chi connectivity index (χ4v) is 2.39. The second kappa shape index (κ2) is 4.07. The fourth-order valence-electron chi connectivity index (χ4n) is 0.828. The Morgan fingerprint density at radius 2 is 2.31 bits per heavy atom. The zero-order valence-corrected chi connectivity index (χ0v) is 9.70. The standard InChI is InChI=1S/C9H9BrO2S/c1-5(9(11)12)3-7-4-8(10)6(2)13-7/h3-4H,1-2H3,(H,11,12). The Labute approximate surface area is 89.0 Å². The van der Waals surface area contributed by atoms with Crippen LogP contribution in [0, 0.1) is 6.92 Å². The third-order valence-corrected chi connectivity index (χ3v) is 3.66. The van der Waals surface area contributed by atoms with Gasteiger partial charge in [0.2, 0.25) is 0 Å². The highest BCUT2D eigenvalue weighted by Crippen LogP contribution is 2.27. The Morgan fingerprint density at radius 3 is 2.69 bits per heavy atom. The zero-order chi connectivity index (χ0) is 10.0. The number of aryl methyl sites for hydroxylation is 1. The van der Waals surface area contributed by atoms with Crippen LogP contribution in [0.4, 0.5) is 0 Å². The molecule has 1 aromatic heterocycles. The number of thiophene rings is 1. The van der Waals surface area contributed by atoms with Crippen molar-refractivity contribution in [1.82, 2.24) is 0 Å². The molecule has 0 aliphatic rings. The first kappa shape index (κ1) is 10.5. The summed E-state index contributed by atoms with van der Waals surface area (Å²) in [6.45, 7) is 3.58. The summed E-state index contributed by atoms with van der Waals surface area (Å²) >= 11 is 4.95. The van der Waals surface area contributed by atoms with E-state index in [-0.39, 0.29) is 0 Å². The minimum atomic E-state index is -0.873. The topological polar surface area (TPSA) is 37.3 Å². The summed E-state index contributed by atoms with van der Waals surface area (Å²) in [6, 6.07) is 1.92. The van der Waals surface area contributed by atoms with Crippen molar-refractivity contribution in [3.8, 4) is 0 Å². The molecular formula is C9H9BrO2S. The van der Waals surface area contributed by atoms with Crippen molar-refractivity contribution >= 4 is 39.3 Å². The molecule has 0 saturated heterocycles. The Morgan fingerprint density at radius 1 is 1.69 bits per heavy atom. The molecule has 1 heterocycles. The molecule has 0 atom stereocenters. The van der Waals surface area contributed by atoms with Crippen molar-refractivity contribution in [2.24, 2.45) is 0 Å². The van der Waals surface area contributed by atoms with Gasteiger partial charge < -0.3 is 5.11 Å². The third-order valence-electron chi connectivity index (χ3n) is 1.57. The maximum Gasteiger partial charge on any atom is 0.331 e. The highest BCUT2D eigenvalue weighted by molar-refractivity contribution is 9.10. The second-order valence-corrected chi connectivity index (χ2v) is 4.83. The van der Waals surface area contributed by atoms with Crippen LogP contribution in [0.3, 0.4) is 0 Å². The van der Waals surface area contributed by atoms with E-state index in [2.05, 4.69) is 15.9 Å². The first-order valence-corrected chi connectivity index (χ1v) is 5.29. The van der Waals surface area contributed by atoms with Crippen molar-refractivity contribution < 1.29 is 9.90 Å². The monoisotopic (exact) mass is 260 g/mol. The molecule has 0 aliphatic carbocycles. The van der Waals surface area contributed by atoms with E-state index in [0.29, 0.717) is 5.57 Å². The molecule has 0 fully saturated rings. The summed E-state index contributed by atoms with van der Waals surface area (Å²) in [7, 11) is 0. The molecular weight excluding hydrogens is 252 g/mol. The Balaban J connectivity index is 2.98. The Bertz CT molecular complexity index is 346. The van der Waals surface area contributed by atoms with Crippen LogP contribution in [0.15, 0.2) is 16.1 Å². The summed E-state index contributed by atoms with van der Waals surface area (Å²) in [6.07, 6.45) is 1.67. The van der Waals surface area contributed by atoms with Crippen LogP contribution in [0.5, 0.6) is 0 Å². The van der Waals surface area contributed by atoms with Crippen molar-refractivity contribution in [3.05, 3.63) is 25.9 Å². The highest BCUT2D eigenvalue weighted by Gasteiger charge is 2.03. The molecule has 1 aromatic rings. The summed E-state index contributed by atoms with van der Waals surface area (Å²) in [5.74, 6) is -0.873. The zero-order valence-electron chi connectivity index (χ0n) is 7.30. The van der Waals surface area contributed by atoms with E-state index in [1.165, 1.54) is 0 Å². The van der Waals surface area contributed by atoms with Crippen LogP contribution >= 0.6 is 27.3 Å². The van der Waals surface area contributed by atoms with E-state index >= 15 is 0 Å². The maximum atomic E-state index is 10.5. The van der Waals surface area contributed by atoms with Gasteiger partial charge in [-0.05, 0) is 41.9 Å². The lowest BCUT2D eigenvalue weighted by Gasteiger charge is -1.89. The first-order valence-electron chi connectivity index (χ1n) is 3.68. The van der Waals surface area contributed by atoms with Crippen molar-refractivity contribution in [2.45, 2.75) is 13.8 Å². The lowest BCUT2D eigenvalue weighted by Crippen LogP contribution is -1.94. The van der Waals surface area contributed by atoms with E-state index < -0.39 is 5.97 Å².